The van der Waals surface area contributed by atoms with Crippen molar-refractivity contribution >= 4 is 15.9 Å². The number of H-pyrrole nitrogens is 1. The molecule has 0 bridgehead atoms. The number of nitrogens with one attached hydrogen (secondary N) is 1. The summed E-state index contributed by atoms with van der Waals surface area (Å²) in [4.78, 5) is 8.53. The summed E-state index contributed by atoms with van der Waals surface area (Å²) in [7, 11) is 1.65. The van der Waals surface area contributed by atoms with Crippen LogP contribution in [0.4, 0.5) is 0 Å². The van der Waals surface area contributed by atoms with E-state index < -0.39 is 0 Å². The first kappa shape index (κ1) is 22.0. The molecular formula is C29H23BrN2O2. The molecule has 0 aliphatic carbocycles. The number of rotatable bonds is 7. The fourth-order valence-electron chi connectivity index (χ4n) is 3.85. The molecule has 0 aliphatic rings. The van der Waals surface area contributed by atoms with Crippen LogP contribution in [0.15, 0.2) is 108 Å². The summed E-state index contributed by atoms with van der Waals surface area (Å²) in [6.07, 6.45) is 0. The molecule has 1 aromatic heterocycles. The van der Waals surface area contributed by atoms with Crippen LogP contribution < -0.4 is 9.47 Å². The first-order valence-electron chi connectivity index (χ1n) is 11.0. The number of hydrogen-bond donors (Lipinski definition) is 1. The molecule has 0 atom stereocenters. The van der Waals surface area contributed by atoms with Gasteiger partial charge in [0, 0.05) is 16.7 Å². The standard InChI is InChI=1S/C29H23BrN2O2/c1-33-25-18-23(17-24(30)28(25)34-19-20-11-5-2-6-12-20)29-31-26(21-13-7-3-8-14-21)27(32-29)22-15-9-4-10-16-22/h2-18H,19H2,1H3,(H,31,32). The molecule has 4 aromatic carbocycles. The first-order valence-corrected chi connectivity index (χ1v) is 11.8. The van der Waals surface area contributed by atoms with Crippen LogP contribution in [-0.2, 0) is 6.61 Å². The molecule has 4 nitrogen and oxygen atoms in total. The Morgan fingerprint density at radius 2 is 1.38 bits per heavy atom. The third kappa shape index (κ3) is 4.61. The Hall–Kier alpha value is -3.83. The Bertz CT molecular complexity index is 1330. The number of hydrogen-bond acceptors (Lipinski definition) is 3. The summed E-state index contributed by atoms with van der Waals surface area (Å²) in [5.74, 6) is 2.05. The second-order valence-corrected chi connectivity index (χ2v) is 8.66. The topological polar surface area (TPSA) is 47.1 Å². The quantitative estimate of drug-likeness (QED) is 0.243. The summed E-state index contributed by atoms with van der Waals surface area (Å²) in [6.45, 7) is 0.451. The predicted molar refractivity (Wildman–Crippen MR) is 140 cm³/mol. The molecule has 168 valence electrons. The Labute approximate surface area is 207 Å². The van der Waals surface area contributed by atoms with Crippen molar-refractivity contribution in [3.8, 4) is 45.4 Å². The van der Waals surface area contributed by atoms with Crippen LogP contribution in [0.3, 0.4) is 0 Å². The highest BCUT2D eigenvalue weighted by atomic mass is 79.9. The third-order valence-electron chi connectivity index (χ3n) is 5.54. The molecule has 0 amide bonds. The van der Waals surface area contributed by atoms with Crippen molar-refractivity contribution < 1.29 is 9.47 Å². The average Bonchev–Trinajstić information content (AvgIpc) is 3.35. The monoisotopic (exact) mass is 510 g/mol. The molecule has 5 heteroatoms. The summed E-state index contributed by atoms with van der Waals surface area (Å²) in [6, 6.07) is 34.5. The molecule has 0 radical (unpaired) electrons. The van der Waals surface area contributed by atoms with E-state index >= 15 is 0 Å². The molecule has 5 rings (SSSR count). The number of aromatic nitrogens is 2. The van der Waals surface area contributed by atoms with Crippen LogP contribution in [0.1, 0.15) is 5.56 Å². The van der Waals surface area contributed by atoms with Gasteiger partial charge in [-0.1, -0.05) is 91.0 Å². The lowest BCUT2D eigenvalue weighted by molar-refractivity contribution is 0.282. The number of benzene rings is 4. The van der Waals surface area contributed by atoms with Gasteiger partial charge in [-0.25, -0.2) is 4.98 Å². The Kier molecular flexibility index (Phi) is 6.45. The molecule has 1 heterocycles. The zero-order chi connectivity index (χ0) is 23.3. The van der Waals surface area contributed by atoms with Gasteiger partial charge in [-0.2, -0.15) is 0 Å². The van der Waals surface area contributed by atoms with Crippen molar-refractivity contribution in [2.24, 2.45) is 0 Å². The maximum atomic E-state index is 6.10. The van der Waals surface area contributed by atoms with Crippen molar-refractivity contribution in [2.45, 2.75) is 6.61 Å². The van der Waals surface area contributed by atoms with Crippen molar-refractivity contribution in [2.75, 3.05) is 7.11 Å². The van der Waals surface area contributed by atoms with Crippen LogP contribution in [0.5, 0.6) is 11.5 Å². The van der Waals surface area contributed by atoms with Crippen LogP contribution in [0, 0.1) is 0 Å². The fourth-order valence-corrected chi connectivity index (χ4v) is 4.41. The van der Waals surface area contributed by atoms with E-state index in [4.69, 9.17) is 14.5 Å². The van der Waals surface area contributed by atoms with Crippen LogP contribution in [0.2, 0.25) is 0 Å². The van der Waals surface area contributed by atoms with E-state index in [0.717, 1.165) is 43.9 Å². The third-order valence-corrected chi connectivity index (χ3v) is 6.13. The van der Waals surface area contributed by atoms with Gasteiger partial charge in [-0.05, 0) is 33.6 Å². The number of ether oxygens (including phenoxy) is 2. The molecule has 0 saturated carbocycles. The molecule has 0 unspecified atom stereocenters. The minimum absolute atomic E-state index is 0.451. The Morgan fingerprint density at radius 3 is 2.03 bits per heavy atom. The van der Waals surface area contributed by atoms with Crippen molar-refractivity contribution in [1.82, 2.24) is 9.97 Å². The summed E-state index contributed by atoms with van der Waals surface area (Å²) >= 11 is 3.68. The smallest absolute Gasteiger partial charge is 0.175 e. The second kappa shape index (κ2) is 9.98. The van der Waals surface area contributed by atoms with Crippen LogP contribution >= 0.6 is 15.9 Å². The molecule has 5 aromatic rings. The lowest BCUT2D eigenvalue weighted by Gasteiger charge is -2.14. The maximum absolute atomic E-state index is 6.10. The average molecular weight is 511 g/mol. The zero-order valence-electron chi connectivity index (χ0n) is 18.7. The Balaban J connectivity index is 1.54. The lowest BCUT2D eigenvalue weighted by Crippen LogP contribution is -1.99. The van der Waals surface area contributed by atoms with Gasteiger partial charge in [-0.15, -0.1) is 0 Å². The fraction of sp³-hybridized carbons (Fsp3) is 0.0690. The van der Waals surface area contributed by atoms with E-state index in [1.54, 1.807) is 7.11 Å². The van der Waals surface area contributed by atoms with E-state index in [0.29, 0.717) is 18.1 Å². The molecule has 0 saturated heterocycles. The van der Waals surface area contributed by atoms with Gasteiger partial charge in [0.25, 0.3) is 0 Å². The largest absolute Gasteiger partial charge is 0.493 e. The van der Waals surface area contributed by atoms with Crippen molar-refractivity contribution in [3.63, 3.8) is 0 Å². The highest BCUT2D eigenvalue weighted by Crippen LogP contribution is 2.41. The highest BCUT2D eigenvalue weighted by molar-refractivity contribution is 9.10. The molecule has 34 heavy (non-hydrogen) atoms. The van der Waals surface area contributed by atoms with E-state index in [1.165, 1.54) is 0 Å². The molecule has 1 N–H and O–H groups in total. The van der Waals surface area contributed by atoms with E-state index in [9.17, 15) is 0 Å². The van der Waals surface area contributed by atoms with E-state index in [1.807, 2.05) is 78.9 Å². The number of methoxy groups -OCH3 is 1. The van der Waals surface area contributed by atoms with Crippen molar-refractivity contribution in [1.29, 1.82) is 0 Å². The number of halogens is 1. The summed E-state index contributed by atoms with van der Waals surface area (Å²) in [5.41, 5.74) is 6.00. The first-order chi connectivity index (χ1) is 16.7. The van der Waals surface area contributed by atoms with Gasteiger partial charge in [0.1, 0.15) is 12.4 Å². The summed E-state index contributed by atoms with van der Waals surface area (Å²) in [5, 5.41) is 0. The molecular weight excluding hydrogens is 488 g/mol. The van der Waals surface area contributed by atoms with Gasteiger partial charge < -0.3 is 14.5 Å². The van der Waals surface area contributed by atoms with Gasteiger partial charge >= 0.3 is 0 Å². The SMILES string of the molecule is COc1cc(-c2nc(-c3ccccc3)c(-c3ccccc3)[nH]2)cc(Br)c1OCc1ccccc1. The normalized spacial score (nSPS) is 10.8. The number of aromatic amines is 1. The Morgan fingerprint density at radius 1 is 0.765 bits per heavy atom. The lowest BCUT2D eigenvalue weighted by atomic mass is 10.1. The van der Waals surface area contributed by atoms with Gasteiger partial charge in [0.15, 0.2) is 11.5 Å². The van der Waals surface area contributed by atoms with E-state index in [-0.39, 0.29) is 0 Å². The van der Waals surface area contributed by atoms with Gasteiger partial charge in [0.2, 0.25) is 0 Å². The van der Waals surface area contributed by atoms with Gasteiger partial charge in [0.05, 0.1) is 23.0 Å². The molecule has 0 aliphatic heterocycles. The van der Waals surface area contributed by atoms with Crippen LogP contribution in [-0.4, -0.2) is 17.1 Å². The van der Waals surface area contributed by atoms with Crippen LogP contribution in [0.25, 0.3) is 33.9 Å². The second-order valence-electron chi connectivity index (χ2n) is 7.80. The predicted octanol–water partition coefficient (Wildman–Crippen LogP) is 7.76. The van der Waals surface area contributed by atoms with E-state index in [2.05, 4.69) is 45.2 Å². The number of imidazole rings is 1. The minimum Gasteiger partial charge on any atom is -0.493 e. The molecule has 0 spiro atoms. The van der Waals surface area contributed by atoms with Crippen molar-refractivity contribution in [3.05, 3.63) is 113 Å². The zero-order valence-corrected chi connectivity index (χ0v) is 20.2. The summed E-state index contributed by atoms with van der Waals surface area (Å²) < 4.78 is 12.6. The molecule has 0 fully saturated rings. The highest BCUT2D eigenvalue weighted by Gasteiger charge is 2.18. The maximum Gasteiger partial charge on any atom is 0.175 e. The minimum atomic E-state index is 0.451. The van der Waals surface area contributed by atoms with Gasteiger partial charge in [-0.3, -0.25) is 0 Å². The number of nitrogens with zero attached hydrogens (tertiary/aromatic N) is 1.